The summed E-state index contributed by atoms with van der Waals surface area (Å²) in [5, 5.41) is 5.05. The third kappa shape index (κ3) is 4.51. The molecule has 1 amide bonds. The molecule has 0 saturated carbocycles. The lowest BCUT2D eigenvalue weighted by Gasteiger charge is -2.29. The number of benzene rings is 1. The molecule has 144 valence electrons. The van der Waals surface area contributed by atoms with Crippen molar-refractivity contribution in [3.63, 3.8) is 0 Å². The second-order valence-corrected chi connectivity index (χ2v) is 7.80. The molecule has 0 spiro atoms. The second-order valence-electron chi connectivity index (χ2n) is 6.77. The largest absolute Gasteiger partial charge is 0.488 e. The Balaban J connectivity index is 1.46. The number of amides is 1. The van der Waals surface area contributed by atoms with Crippen LogP contribution in [0.15, 0.2) is 60.1 Å². The van der Waals surface area contributed by atoms with Crippen molar-refractivity contribution in [2.75, 3.05) is 23.3 Å². The van der Waals surface area contributed by atoms with Crippen LogP contribution in [0.1, 0.15) is 34.5 Å². The van der Waals surface area contributed by atoms with Crippen molar-refractivity contribution in [2.45, 2.75) is 25.9 Å². The molecule has 0 aliphatic carbocycles. The Labute approximate surface area is 169 Å². The van der Waals surface area contributed by atoms with Crippen LogP contribution in [0, 0.1) is 0 Å². The Morgan fingerprint density at radius 1 is 1.11 bits per heavy atom. The second kappa shape index (κ2) is 8.89. The Morgan fingerprint density at radius 2 is 2.00 bits per heavy atom. The van der Waals surface area contributed by atoms with Crippen molar-refractivity contribution < 1.29 is 9.53 Å². The lowest BCUT2D eigenvalue weighted by atomic mass is 10.1. The van der Waals surface area contributed by atoms with Crippen LogP contribution < -0.4 is 15.0 Å². The molecule has 1 aromatic carbocycles. The van der Waals surface area contributed by atoms with Gasteiger partial charge < -0.3 is 15.0 Å². The normalized spacial score (nSPS) is 13.9. The minimum absolute atomic E-state index is 0.159. The fraction of sp³-hybridized carbons (Fsp3) is 0.273. The van der Waals surface area contributed by atoms with E-state index in [1.165, 1.54) is 6.42 Å². The average molecular weight is 394 g/mol. The van der Waals surface area contributed by atoms with Gasteiger partial charge in [0.2, 0.25) is 0 Å². The predicted octanol–water partition coefficient (Wildman–Crippen LogP) is 4.96. The Hall–Kier alpha value is -2.86. The van der Waals surface area contributed by atoms with Gasteiger partial charge in [0.25, 0.3) is 5.91 Å². The summed E-state index contributed by atoms with van der Waals surface area (Å²) in [4.78, 5) is 20.7. The minimum Gasteiger partial charge on any atom is -0.488 e. The van der Waals surface area contributed by atoms with Crippen LogP contribution in [0.2, 0.25) is 0 Å². The smallest absolute Gasteiger partial charge is 0.255 e. The SMILES string of the molecule is O=C(Nc1cccnc1N1CCCCC1)c1cccc(OCc2cccs2)c1. The highest BCUT2D eigenvalue weighted by atomic mass is 32.1. The third-order valence-electron chi connectivity index (χ3n) is 4.75. The number of thiophene rings is 1. The number of anilines is 2. The lowest BCUT2D eigenvalue weighted by Crippen LogP contribution is -2.31. The average Bonchev–Trinajstić information content (AvgIpc) is 3.27. The molecular weight excluding hydrogens is 370 g/mol. The van der Waals surface area contributed by atoms with Gasteiger partial charge in [0.15, 0.2) is 5.82 Å². The first kappa shape index (κ1) is 18.5. The van der Waals surface area contributed by atoms with E-state index in [9.17, 15) is 4.79 Å². The van der Waals surface area contributed by atoms with E-state index in [0.717, 1.165) is 42.3 Å². The molecule has 0 atom stereocenters. The number of piperidine rings is 1. The molecule has 1 aliphatic heterocycles. The van der Waals surface area contributed by atoms with Crippen molar-refractivity contribution in [2.24, 2.45) is 0 Å². The van der Waals surface area contributed by atoms with Crippen LogP contribution >= 0.6 is 11.3 Å². The zero-order valence-electron chi connectivity index (χ0n) is 15.6. The summed E-state index contributed by atoms with van der Waals surface area (Å²) in [6, 6.07) is 15.1. The quantitative estimate of drug-likeness (QED) is 0.643. The van der Waals surface area contributed by atoms with Crippen LogP contribution in [0.5, 0.6) is 5.75 Å². The number of rotatable bonds is 6. The van der Waals surface area contributed by atoms with Gasteiger partial charge in [0, 0.05) is 29.7 Å². The fourth-order valence-corrected chi connectivity index (χ4v) is 3.94. The number of aromatic nitrogens is 1. The summed E-state index contributed by atoms with van der Waals surface area (Å²) >= 11 is 1.65. The highest BCUT2D eigenvalue weighted by molar-refractivity contribution is 7.09. The molecular formula is C22H23N3O2S. The maximum atomic E-state index is 12.8. The van der Waals surface area contributed by atoms with Crippen LogP contribution in [-0.2, 0) is 6.61 Å². The first-order valence-corrected chi connectivity index (χ1v) is 10.4. The number of carbonyl (C=O) groups is 1. The highest BCUT2D eigenvalue weighted by Crippen LogP contribution is 2.26. The van der Waals surface area contributed by atoms with E-state index in [-0.39, 0.29) is 5.91 Å². The monoisotopic (exact) mass is 393 g/mol. The molecule has 1 N–H and O–H groups in total. The first-order chi connectivity index (χ1) is 13.8. The number of ether oxygens (including phenoxy) is 1. The van der Waals surface area contributed by atoms with Gasteiger partial charge in [-0.15, -0.1) is 11.3 Å². The minimum atomic E-state index is -0.159. The van der Waals surface area contributed by atoms with Gasteiger partial charge in [0.1, 0.15) is 12.4 Å². The van der Waals surface area contributed by atoms with Crippen LogP contribution in [0.4, 0.5) is 11.5 Å². The molecule has 3 aromatic rings. The van der Waals surface area contributed by atoms with Crippen LogP contribution in [0.25, 0.3) is 0 Å². The molecule has 1 aliphatic rings. The van der Waals surface area contributed by atoms with Gasteiger partial charge in [-0.2, -0.15) is 0 Å². The number of nitrogens with zero attached hydrogens (tertiary/aromatic N) is 2. The first-order valence-electron chi connectivity index (χ1n) is 9.56. The molecule has 5 nitrogen and oxygen atoms in total. The summed E-state index contributed by atoms with van der Waals surface area (Å²) in [5.74, 6) is 1.37. The van der Waals surface area contributed by atoms with Crippen molar-refractivity contribution in [3.05, 3.63) is 70.5 Å². The predicted molar refractivity (Wildman–Crippen MR) is 113 cm³/mol. The maximum Gasteiger partial charge on any atom is 0.255 e. The van der Waals surface area contributed by atoms with Crippen molar-refractivity contribution in [3.8, 4) is 5.75 Å². The molecule has 0 unspecified atom stereocenters. The molecule has 28 heavy (non-hydrogen) atoms. The maximum absolute atomic E-state index is 12.8. The molecule has 3 heterocycles. The van der Waals surface area contributed by atoms with Gasteiger partial charge >= 0.3 is 0 Å². The number of pyridine rings is 1. The number of carbonyl (C=O) groups excluding carboxylic acids is 1. The third-order valence-corrected chi connectivity index (χ3v) is 5.60. The van der Waals surface area contributed by atoms with Gasteiger partial charge in [0.05, 0.1) is 5.69 Å². The number of hydrogen-bond acceptors (Lipinski definition) is 5. The Bertz CT molecular complexity index is 921. The topological polar surface area (TPSA) is 54.5 Å². The molecule has 0 radical (unpaired) electrons. The summed E-state index contributed by atoms with van der Waals surface area (Å²) in [6.07, 6.45) is 5.35. The molecule has 1 fully saturated rings. The van der Waals surface area contributed by atoms with E-state index in [1.54, 1.807) is 29.7 Å². The van der Waals surface area contributed by atoms with E-state index in [0.29, 0.717) is 17.9 Å². The standard InChI is InChI=1S/C22H23N3O2S/c26-22(17-7-4-8-18(15-17)27-16-19-9-6-14-28-19)24-20-10-5-11-23-21(20)25-12-2-1-3-13-25/h4-11,14-15H,1-3,12-13,16H2,(H,24,26). The van der Waals surface area contributed by atoms with Gasteiger partial charge in [-0.05, 0) is 61.0 Å². The van der Waals surface area contributed by atoms with Crippen LogP contribution in [0.3, 0.4) is 0 Å². The van der Waals surface area contributed by atoms with E-state index < -0.39 is 0 Å². The van der Waals surface area contributed by atoms with E-state index >= 15 is 0 Å². The molecule has 1 saturated heterocycles. The molecule has 4 rings (SSSR count). The van der Waals surface area contributed by atoms with Crippen molar-refractivity contribution >= 4 is 28.7 Å². The molecule has 6 heteroatoms. The lowest BCUT2D eigenvalue weighted by molar-refractivity contribution is 0.102. The Kier molecular flexibility index (Phi) is 5.87. The molecule has 2 aromatic heterocycles. The van der Waals surface area contributed by atoms with E-state index in [4.69, 9.17) is 4.74 Å². The summed E-state index contributed by atoms with van der Waals surface area (Å²) in [5.41, 5.74) is 1.32. The van der Waals surface area contributed by atoms with Gasteiger partial charge in [-0.25, -0.2) is 4.98 Å². The van der Waals surface area contributed by atoms with E-state index in [2.05, 4.69) is 15.2 Å². The summed E-state index contributed by atoms with van der Waals surface area (Å²) in [7, 11) is 0. The molecule has 0 bridgehead atoms. The van der Waals surface area contributed by atoms with Gasteiger partial charge in [-0.3, -0.25) is 4.79 Å². The summed E-state index contributed by atoms with van der Waals surface area (Å²) < 4.78 is 5.82. The summed E-state index contributed by atoms with van der Waals surface area (Å²) in [6.45, 7) is 2.46. The van der Waals surface area contributed by atoms with Crippen LogP contribution in [-0.4, -0.2) is 24.0 Å². The van der Waals surface area contributed by atoms with Crippen molar-refractivity contribution in [1.82, 2.24) is 4.98 Å². The highest BCUT2D eigenvalue weighted by Gasteiger charge is 2.17. The van der Waals surface area contributed by atoms with E-state index in [1.807, 2.05) is 41.8 Å². The number of hydrogen-bond donors (Lipinski definition) is 1. The number of nitrogens with one attached hydrogen (secondary N) is 1. The fourth-order valence-electron chi connectivity index (χ4n) is 3.32. The van der Waals surface area contributed by atoms with Crippen molar-refractivity contribution in [1.29, 1.82) is 0 Å². The van der Waals surface area contributed by atoms with Gasteiger partial charge in [-0.1, -0.05) is 12.1 Å². The zero-order valence-corrected chi connectivity index (χ0v) is 16.5. The Morgan fingerprint density at radius 3 is 2.82 bits per heavy atom. The zero-order chi connectivity index (χ0) is 19.2.